The van der Waals surface area contributed by atoms with E-state index in [4.69, 9.17) is 10.5 Å². The monoisotopic (exact) mass is 257 g/mol. The summed E-state index contributed by atoms with van der Waals surface area (Å²) < 4.78 is 5.01. The van der Waals surface area contributed by atoms with Crippen LogP contribution in [0.5, 0.6) is 0 Å². The largest absolute Gasteiger partial charge is 0.383 e. The van der Waals surface area contributed by atoms with Gasteiger partial charge >= 0.3 is 0 Å². The molecule has 0 radical (unpaired) electrons. The molecule has 5 heteroatoms. The predicted molar refractivity (Wildman–Crippen MR) is 72.3 cm³/mol. The van der Waals surface area contributed by atoms with Crippen LogP contribution in [0.3, 0.4) is 0 Å². The Hall–Kier alpha value is -0.650. The molecule has 0 spiro atoms. The van der Waals surface area contributed by atoms with E-state index in [1.807, 2.05) is 0 Å². The van der Waals surface area contributed by atoms with E-state index in [9.17, 15) is 4.79 Å². The molecule has 106 valence electrons. The molecule has 0 bridgehead atoms. The van der Waals surface area contributed by atoms with Crippen molar-refractivity contribution in [3.63, 3.8) is 0 Å². The maximum Gasteiger partial charge on any atom is 0.237 e. The zero-order valence-electron chi connectivity index (χ0n) is 11.9. The Kier molecular flexibility index (Phi) is 6.05. The third-order valence-electron chi connectivity index (χ3n) is 3.57. The molecule has 1 aliphatic heterocycles. The van der Waals surface area contributed by atoms with Gasteiger partial charge in [0, 0.05) is 33.3 Å². The molecule has 0 saturated carbocycles. The molecule has 1 amide bonds. The summed E-state index contributed by atoms with van der Waals surface area (Å²) in [4.78, 5) is 14.1. The minimum atomic E-state index is -0.536. The average Bonchev–Trinajstić information content (AvgIpc) is 2.31. The van der Waals surface area contributed by atoms with E-state index in [0.29, 0.717) is 19.1 Å². The van der Waals surface area contributed by atoms with E-state index >= 15 is 0 Å². The zero-order valence-corrected chi connectivity index (χ0v) is 11.9. The Balaban J connectivity index is 2.49. The number of methoxy groups -OCH3 is 1. The maximum atomic E-state index is 11.7. The van der Waals surface area contributed by atoms with Gasteiger partial charge in [0.05, 0.1) is 6.61 Å². The second-order valence-electron chi connectivity index (χ2n) is 5.56. The van der Waals surface area contributed by atoms with Crippen LogP contribution in [0.1, 0.15) is 26.7 Å². The highest BCUT2D eigenvalue weighted by molar-refractivity contribution is 5.84. The zero-order chi connectivity index (χ0) is 13.6. The van der Waals surface area contributed by atoms with Crippen molar-refractivity contribution in [2.75, 3.05) is 39.9 Å². The first-order chi connectivity index (χ1) is 8.50. The highest BCUT2D eigenvalue weighted by atomic mass is 16.5. The van der Waals surface area contributed by atoms with Gasteiger partial charge in [-0.2, -0.15) is 0 Å². The molecule has 1 saturated heterocycles. The van der Waals surface area contributed by atoms with Crippen LogP contribution in [0.4, 0.5) is 0 Å². The van der Waals surface area contributed by atoms with Crippen LogP contribution in [0, 0.1) is 5.92 Å². The van der Waals surface area contributed by atoms with Crippen molar-refractivity contribution in [2.45, 2.75) is 32.2 Å². The first kappa shape index (κ1) is 15.4. The van der Waals surface area contributed by atoms with Crippen molar-refractivity contribution >= 4 is 5.91 Å². The smallest absolute Gasteiger partial charge is 0.237 e. The van der Waals surface area contributed by atoms with Gasteiger partial charge in [0.15, 0.2) is 0 Å². The van der Waals surface area contributed by atoms with E-state index in [-0.39, 0.29) is 5.91 Å². The van der Waals surface area contributed by atoms with Crippen LogP contribution < -0.4 is 11.1 Å². The van der Waals surface area contributed by atoms with Gasteiger partial charge in [-0.1, -0.05) is 13.8 Å². The first-order valence-electron chi connectivity index (χ1n) is 6.76. The van der Waals surface area contributed by atoms with E-state index in [0.717, 1.165) is 32.5 Å². The second-order valence-corrected chi connectivity index (χ2v) is 5.56. The fourth-order valence-electron chi connectivity index (χ4n) is 2.54. The number of amides is 1. The lowest BCUT2D eigenvalue weighted by atomic mass is 9.86. The number of nitrogens with one attached hydrogen (secondary N) is 1. The third-order valence-corrected chi connectivity index (χ3v) is 3.57. The summed E-state index contributed by atoms with van der Waals surface area (Å²) in [6, 6.07) is 0. The molecule has 0 unspecified atom stereocenters. The van der Waals surface area contributed by atoms with Crippen molar-refractivity contribution in [1.29, 1.82) is 0 Å². The van der Waals surface area contributed by atoms with Crippen molar-refractivity contribution in [3.8, 4) is 0 Å². The number of piperidine rings is 1. The van der Waals surface area contributed by atoms with Crippen LogP contribution >= 0.6 is 0 Å². The summed E-state index contributed by atoms with van der Waals surface area (Å²) in [5, 5.41) is 3.28. The van der Waals surface area contributed by atoms with E-state index in [1.54, 1.807) is 7.11 Å². The fraction of sp³-hybridized carbons (Fsp3) is 0.923. The first-order valence-corrected chi connectivity index (χ1v) is 6.76. The summed E-state index contributed by atoms with van der Waals surface area (Å²) in [5.41, 5.74) is 5.03. The number of carbonyl (C=O) groups is 1. The average molecular weight is 257 g/mol. The van der Waals surface area contributed by atoms with Crippen molar-refractivity contribution in [2.24, 2.45) is 11.7 Å². The topological polar surface area (TPSA) is 67.6 Å². The summed E-state index contributed by atoms with van der Waals surface area (Å²) >= 11 is 0. The van der Waals surface area contributed by atoms with Crippen molar-refractivity contribution in [3.05, 3.63) is 0 Å². The van der Waals surface area contributed by atoms with Gasteiger partial charge in [0.1, 0.15) is 5.54 Å². The molecule has 18 heavy (non-hydrogen) atoms. The number of hydrogen-bond donors (Lipinski definition) is 2. The van der Waals surface area contributed by atoms with E-state index in [1.165, 1.54) is 0 Å². The molecule has 0 aromatic heterocycles. The van der Waals surface area contributed by atoms with Gasteiger partial charge in [-0.25, -0.2) is 0 Å². The number of hydrogen-bond acceptors (Lipinski definition) is 4. The van der Waals surface area contributed by atoms with Crippen molar-refractivity contribution in [1.82, 2.24) is 10.2 Å². The van der Waals surface area contributed by atoms with Gasteiger partial charge in [0.25, 0.3) is 0 Å². The third kappa shape index (κ3) is 4.23. The lowest BCUT2D eigenvalue weighted by Crippen LogP contribution is -2.61. The SMILES string of the molecule is COCCNC1(C(N)=O)CCN(CC(C)C)CC1. The molecule has 5 nitrogen and oxygen atoms in total. The molecule has 1 heterocycles. The maximum absolute atomic E-state index is 11.7. The molecule has 0 aromatic rings. The summed E-state index contributed by atoms with van der Waals surface area (Å²) in [6.07, 6.45) is 1.58. The number of carbonyl (C=O) groups excluding carboxylic acids is 1. The van der Waals surface area contributed by atoms with Crippen LogP contribution in [-0.4, -0.2) is 56.2 Å². The van der Waals surface area contributed by atoms with Crippen LogP contribution in [0.15, 0.2) is 0 Å². The Morgan fingerprint density at radius 3 is 2.50 bits per heavy atom. The summed E-state index contributed by atoms with van der Waals surface area (Å²) in [7, 11) is 1.66. The van der Waals surface area contributed by atoms with Crippen LogP contribution in [0.25, 0.3) is 0 Å². The van der Waals surface area contributed by atoms with E-state index in [2.05, 4.69) is 24.1 Å². The Morgan fingerprint density at radius 2 is 2.06 bits per heavy atom. The lowest BCUT2D eigenvalue weighted by molar-refractivity contribution is -0.126. The molecule has 0 aliphatic carbocycles. The quantitative estimate of drug-likeness (QED) is 0.639. The molecule has 3 N–H and O–H groups in total. The number of nitrogens with two attached hydrogens (primary N) is 1. The van der Waals surface area contributed by atoms with Gasteiger partial charge in [-0.05, 0) is 18.8 Å². The van der Waals surface area contributed by atoms with Crippen molar-refractivity contribution < 1.29 is 9.53 Å². The van der Waals surface area contributed by atoms with Gasteiger partial charge in [-0.3, -0.25) is 4.79 Å². The van der Waals surface area contributed by atoms with Gasteiger partial charge in [-0.15, -0.1) is 0 Å². The van der Waals surface area contributed by atoms with Crippen LogP contribution in [-0.2, 0) is 9.53 Å². The predicted octanol–water partition coefficient (Wildman–Crippen LogP) is 0.198. The second kappa shape index (κ2) is 7.07. The highest BCUT2D eigenvalue weighted by Gasteiger charge is 2.39. The number of rotatable bonds is 7. The Bertz CT molecular complexity index is 261. The van der Waals surface area contributed by atoms with E-state index < -0.39 is 5.54 Å². The molecule has 1 rings (SSSR count). The van der Waals surface area contributed by atoms with Gasteiger partial charge < -0.3 is 20.7 Å². The molecule has 1 aliphatic rings. The Morgan fingerprint density at radius 1 is 1.44 bits per heavy atom. The standard InChI is InChI=1S/C13H27N3O2/c1-11(2)10-16-7-4-13(5-8-16,12(14)17)15-6-9-18-3/h11,15H,4-10H2,1-3H3,(H2,14,17). The highest BCUT2D eigenvalue weighted by Crippen LogP contribution is 2.22. The number of primary amides is 1. The molecule has 0 aromatic carbocycles. The lowest BCUT2D eigenvalue weighted by Gasteiger charge is -2.40. The Labute approximate surface area is 110 Å². The summed E-state index contributed by atoms with van der Waals surface area (Å²) in [5.74, 6) is 0.426. The molecular formula is C13H27N3O2. The molecule has 1 fully saturated rings. The number of ether oxygens (including phenoxy) is 1. The minimum absolute atomic E-state index is 0.234. The number of nitrogens with zero attached hydrogens (tertiary/aromatic N) is 1. The fourth-order valence-corrected chi connectivity index (χ4v) is 2.54. The minimum Gasteiger partial charge on any atom is -0.383 e. The van der Waals surface area contributed by atoms with Crippen LogP contribution in [0.2, 0.25) is 0 Å². The molecule has 0 atom stereocenters. The molecular weight excluding hydrogens is 230 g/mol. The normalized spacial score (nSPS) is 20.2. The summed E-state index contributed by atoms with van der Waals surface area (Å²) in [6.45, 7) is 8.66. The van der Waals surface area contributed by atoms with Gasteiger partial charge in [0.2, 0.25) is 5.91 Å². The number of likely N-dealkylation sites (tertiary alicyclic amines) is 1.